The van der Waals surface area contributed by atoms with Crippen LogP contribution in [0, 0.1) is 12.5 Å². The van der Waals surface area contributed by atoms with E-state index in [-0.39, 0.29) is 24.2 Å². The number of nitrogens with one attached hydrogen (secondary N) is 1. The average Bonchev–Trinajstić information content (AvgIpc) is 3.50. The van der Waals surface area contributed by atoms with Crippen LogP contribution >= 0.6 is 0 Å². The standard InChI is InChI=1S/C21H20N6O4.CH3NO/c1-13-9-19(31-18(13)12-28)26-10-14(20(29)23-21(26)30)3-4-16-11-27(25-24-16)17-7-5-15(22-2)6-8-17;1-2-3/h3-8,10-11,13,18-19,28H,9,12H2,1H3,(H,23,29,30);3H,1H2/b4-3+;/t13-,18-,19-;/m1./s1/i/hD. The van der Waals surface area contributed by atoms with Gasteiger partial charge in [-0.15, -0.1) is 10.3 Å². The van der Waals surface area contributed by atoms with Gasteiger partial charge in [-0.05, 0) is 36.6 Å². The SMILES string of the molecule is [2H]ON=C.[C-]#[N+]c1ccc(-n2cc(/C=C/c3cn([C@H]4C[C@@H](C)[C@@H](CO)O4)c(=O)[nH]c3=O)nn2)cc1. The van der Waals surface area contributed by atoms with Crippen molar-refractivity contribution in [2.24, 2.45) is 11.1 Å². The Balaban J connectivity index is 0.000000795. The molecular formula is C22H23N7O5. The third-order valence-electron chi connectivity index (χ3n) is 5.21. The Labute approximate surface area is 195 Å². The number of rotatable bonds is 6. The first-order chi connectivity index (χ1) is 16.9. The summed E-state index contributed by atoms with van der Waals surface area (Å²) in [5.74, 6) is 0.0895. The molecule has 3 N–H and O–H groups in total. The van der Waals surface area contributed by atoms with Gasteiger partial charge in [-0.3, -0.25) is 14.3 Å². The van der Waals surface area contributed by atoms with Crippen molar-refractivity contribution in [3.63, 3.8) is 0 Å². The second-order valence-electron chi connectivity index (χ2n) is 7.45. The fourth-order valence-electron chi connectivity index (χ4n) is 3.43. The van der Waals surface area contributed by atoms with E-state index < -0.39 is 17.5 Å². The molecule has 0 bridgehead atoms. The Bertz CT molecular complexity index is 1340. The van der Waals surface area contributed by atoms with Crippen molar-refractivity contribution in [3.05, 3.63) is 80.2 Å². The lowest BCUT2D eigenvalue weighted by molar-refractivity contribution is -0.0313. The van der Waals surface area contributed by atoms with Gasteiger partial charge in [-0.1, -0.05) is 24.3 Å². The molecule has 0 spiro atoms. The number of H-pyrrole nitrogens is 1. The Morgan fingerprint density at radius 1 is 1.38 bits per heavy atom. The number of aliphatic hydroxyl groups excluding tert-OH is 1. The summed E-state index contributed by atoms with van der Waals surface area (Å²) in [7, 11) is 0. The quantitative estimate of drug-likeness (QED) is 0.217. The summed E-state index contributed by atoms with van der Waals surface area (Å²) in [4.78, 5) is 30.1. The minimum Gasteiger partial charge on any atom is -0.411 e. The predicted molar refractivity (Wildman–Crippen MR) is 124 cm³/mol. The van der Waals surface area contributed by atoms with Crippen molar-refractivity contribution in [2.75, 3.05) is 6.61 Å². The lowest BCUT2D eigenvalue weighted by Gasteiger charge is -2.15. The number of hydrogen-bond acceptors (Lipinski definition) is 8. The lowest BCUT2D eigenvalue weighted by Crippen LogP contribution is -2.33. The molecule has 0 amide bonds. The Kier molecular flexibility index (Phi) is 7.39. The zero-order valence-electron chi connectivity index (χ0n) is 19.2. The van der Waals surface area contributed by atoms with Crippen LogP contribution in [0.1, 0.15) is 30.8 Å². The number of nitrogens with zero attached hydrogens (tertiary/aromatic N) is 6. The van der Waals surface area contributed by atoms with Gasteiger partial charge < -0.3 is 15.1 Å². The largest absolute Gasteiger partial charge is 0.411 e. The van der Waals surface area contributed by atoms with Gasteiger partial charge in [0, 0.05) is 12.9 Å². The van der Waals surface area contributed by atoms with Crippen LogP contribution in [0.3, 0.4) is 0 Å². The van der Waals surface area contributed by atoms with Crippen molar-refractivity contribution in [2.45, 2.75) is 25.7 Å². The number of oxime groups is 1. The molecule has 0 unspecified atom stereocenters. The normalized spacial score (nSPS) is 19.7. The van der Waals surface area contributed by atoms with Gasteiger partial charge in [-0.2, -0.15) is 0 Å². The molecule has 1 aromatic carbocycles. The highest BCUT2D eigenvalue weighted by Gasteiger charge is 2.33. The summed E-state index contributed by atoms with van der Waals surface area (Å²) in [5.41, 5.74) is 0.967. The van der Waals surface area contributed by atoms with Crippen LogP contribution in [-0.4, -0.2) is 54.3 Å². The second-order valence-corrected chi connectivity index (χ2v) is 7.45. The molecule has 3 aromatic rings. The molecule has 2 aromatic heterocycles. The lowest BCUT2D eigenvalue weighted by atomic mass is 10.0. The fourth-order valence-corrected chi connectivity index (χ4v) is 3.43. The van der Waals surface area contributed by atoms with Crippen molar-refractivity contribution >= 4 is 24.6 Å². The highest BCUT2D eigenvalue weighted by atomic mass is 16.5. The van der Waals surface area contributed by atoms with Crippen LogP contribution in [0.15, 0.2) is 51.4 Å². The van der Waals surface area contributed by atoms with Crippen molar-refractivity contribution in [3.8, 4) is 5.69 Å². The molecule has 3 atom stereocenters. The summed E-state index contributed by atoms with van der Waals surface area (Å²) in [6.45, 7) is 11.6. The molecule has 1 fully saturated rings. The van der Waals surface area contributed by atoms with Gasteiger partial charge >= 0.3 is 7.12 Å². The summed E-state index contributed by atoms with van der Waals surface area (Å²) in [6.07, 6.45) is 5.95. The molecule has 12 heteroatoms. The van der Waals surface area contributed by atoms with Crippen LogP contribution in [0.2, 0.25) is 1.43 Å². The van der Waals surface area contributed by atoms with E-state index >= 15 is 0 Å². The summed E-state index contributed by atoms with van der Waals surface area (Å²) >= 11 is 0. The Morgan fingerprint density at radius 3 is 2.74 bits per heavy atom. The van der Waals surface area contributed by atoms with E-state index in [9.17, 15) is 14.7 Å². The number of aromatic nitrogens is 5. The monoisotopic (exact) mass is 466 g/mol. The smallest absolute Gasteiger partial charge is 0.330 e. The van der Waals surface area contributed by atoms with E-state index in [1.54, 1.807) is 47.3 Å². The van der Waals surface area contributed by atoms with Gasteiger partial charge in [-0.25, -0.2) is 14.3 Å². The molecule has 34 heavy (non-hydrogen) atoms. The van der Waals surface area contributed by atoms with Gasteiger partial charge in [0.05, 0.1) is 36.7 Å². The molecule has 0 radical (unpaired) electrons. The number of ether oxygens (including phenoxy) is 1. The zero-order valence-corrected chi connectivity index (χ0v) is 18.2. The molecule has 1 aliphatic heterocycles. The topological polar surface area (TPSA) is 152 Å². The van der Waals surface area contributed by atoms with Crippen LogP contribution in [-0.2, 0) is 4.74 Å². The van der Waals surface area contributed by atoms with Crippen LogP contribution < -0.4 is 11.2 Å². The highest BCUT2D eigenvalue weighted by molar-refractivity contribution is 5.66. The second kappa shape index (κ2) is 11.0. The van der Waals surface area contributed by atoms with Crippen LogP contribution in [0.5, 0.6) is 0 Å². The third-order valence-corrected chi connectivity index (χ3v) is 5.21. The average molecular weight is 466 g/mol. The maximum atomic E-state index is 12.3. The van der Waals surface area contributed by atoms with Gasteiger partial charge in [0.25, 0.3) is 5.56 Å². The van der Waals surface area contributed by atoms with E-state index in [2.05, 4.69) is 37.2 Å². The molecule has 0 saturated carbocycles. The Hall–Kier alpha value is -4.34. The summed E-state index contributed by atoms with van der Waals surface area (Å²) in [6, 6.07) is 6.90. The first kappa shape index (κ1) is 22.8. The van der Waals surface area contributed by atoms with E-state index in [0.717, 1.165) is 5.69 Å². The van der Waals surface area contributed by atoms with Crippen LogP contribution in [0.25, 0.3) is 22.7 Å². The van der Waals surface area contributed by atoms with Gasteiger partial charge in [0.1, 0.15) is 11.9 Å². The minimum atomic E-state index is -0.563. The highest BCUT2D eigenvalue weighted by Crippen LogP contribution is 2.31. The van der Waals surface area contributed by atoms with Crippen molar-refractivity contribution in [1.82, 2.24) is 24.5 Å². The van der Waals surface area contributed by atoms with E-state index in [1.807, 2.05) is 6.92 Å². The summed E-state index contributed by atoms with van der Waals surface area (Å²) in [5, 5.41) is 23.5. The van der Waals surface area contributed by atoms with Crippen molar-refractivity contribution in [1.29, 1.82) is 0 Å². The Morgan fingerprint density at radius 2 is 2.12 bits per heavy atom. The zero-order chi connectivity index (χ0) is 25.4. The fraction of sp³-hybridized carbons (Fsp3) is 0.273. The first-order valence-corrected chi connectivity index (χ1v) is 10.2. The van der Waals surface area contributed by atoms with Gasteiger partial charge in [0.2, 0.25) is 0 Å². The first-order valence-electron chi connectivity index (χ1n) is 10.6. The molecular weight excluding hydrogens is 442 g/mol. The molecule has 1 aliphatic rings. The van der Waals surface area contributed by atoms with Crippen LogP contribution in [0.4, 0.5) is 5.69 Å². The minimum absolute atomic E-state index is 0.0895. The van der Waals surface area contributed by atoms with Gasteiger partial charge in [0.15, 0.2) is 5.69 Å². The maximum absolute atomic E-state index is 12.3. The number of aliphatic hydroxyl groups is 1. The molecule has 176 valence electrons. The van der Waals surface area contributed by atoms with E-state index in [4.69, 9.17) is 12.7 Å². The maximum Gasteiger partial charge on any atom is 0.330 e. The number of aromatic amines is 1. The predicted octanol–water partition coefficient (Wildman–Crippen LogP) is 1.83. The molecule has 1 saturated heterocycles. The molecule has 12 nitrogen and oxygen atoms in total. The third kappa shape index (κ3) is 5.52. The van der Waals surface area contributed by atoms with E-state index in [1.165, 1.54) is 10.8 Å². The molecule has 4 rings (SSSR count). The summed E-state index contributed by atoms with van der Waals surface area (Å²) < 4.78 is 14.4. The number of hydrogen-bond donors (Lipinski definition) is 3. The molecule has 0 aliphatic carbocycles. The number of benzene rings is 1. The molecule has 3 heterocycles. The van der Waals surface area contributed by atoms with Crippen molar-refractivity contribution < 1.29 is 16.5 Å². The van der Waals surface area contributed by atoms with E-state index in [0.29, 0.717) is 17.8 Å².